The number of nitrogens with one attached hydrogen (secondary N) is 2. The lowest BCUT2D eigenvalue weighted by Crippen LogP contribution is -2.43. The molecular weight excluding hydrogens is 322 g/mol. The molecule has 134 valence electrons. The molecule has 0 saturated carbocycles. The predicted octanol–water partition coefficient (Wildman–Crippen LogP) is 4.01. The molecule has 0 bridgehead atoms. The Hall–Kier alpha value is -2.59. The van der Waals surface area contributed by atoms with Gasteiger partial charge in [-0.05, 0) is 42.3 Å². The summed E-state index contributed by atoms with van der Waals surface area (Å²) in [5.74, 6) is 0.187. The van der Waals surface area contributed by atoms with Gasteiger partial charge >= 0.3 is 0 Å². The summed E-state index contributed by atoms with van der Waals surface area (Å²) in [6.45, 7) is 2.38. The number of nitrogens with zero attached hydrogens (tertiary/aromatic N) is 1. The zero-order chi connectivity index (χ0) is 17.8. The Balaban J connectivity index is 1.53. The lowest BCUT2D eigenvalue weighted by atomic mass is 10.0. The molecule has 2 heterocycles. The second-order valence-electron chi connectivity index (χ2n) is 6.99. The van der Waals surface area contributed by atoms with E-state index in [9.17, 15) is 4.79 Å². The van der Waals surface area contributed by atoms with Crippen molar-refractivity contribution in [1.82, 2.24) is 15.2 Å². The van der Waals surface area contributed by atoms with E-state index >= 15 is 0 Å². The zero-order valence-electron chi connectivity index (χ0n) is 14.9. The fourth-order valence-electron chi connectivity index (χ4n) is 3.73. The molecule has 1 aliphatic rings. The van der Waals surface area contributed by atoms with Gasteiger partial charge in [0.15, 0.2) is 0 Å². The molecule has 1 atom stereocenters. The first-order valence-electron chi connectivity index (χ1n) is 9.45. The Morgan fingerprint density at radius 3 is 2.50 bits per heavy atom. The second kappa shape index (κ2) is 7.75. The van der Waals surface area contributed by atoms with Crippen molar-refractivity contribution in [1.29, 1.82) is 0 Å². The van der Waals surface area contributed by atoms with Gasteiger partial charge in [-0.25, -0.2) is 0 Å². The molecule has 3 aromatic rings. The van der Waals surface area contributed by atoms with Crippen LogP contribution in [0.5, 0.6) is 0 Å². The van der Waals surface area contributed by atoms with Crippen LogP contribution in [0.4, 0.5) is 0 Å². The fraction of sp³-hybridized carbons (Fsp3) is 0.318. The van der Waals surface area contributed by atoms with Crippen LogP contribution in [0.3, 0.4) is 0 Å². The minimum absolute atomic E-state index is 0.187. The van der Waals surface area contributed by atoms with E-state index in [-0.39, 0.29) is 11.9 Å². The maximum atomic E-state index is 13.1. The summed E-state index contributed by atoms with van der Waals surface area (Å²) in [7, 11) is 0. The standard InChI is InChI=1S/C22H25N3O/c26-22(25-13-7-2-8-14-25)21(17-9-3-1-4-10-17)23-16-19-15-18-11-5-6-12-20(18)24-19/h1,3-6,9-12,15,21,23-24H,2,7-8,13-14,16H2/t21-/m0/s1. The third-order valence-electron chi connectivity index (χ3n) is 5.13. The average Bonchev–Trinajstić information content (AvgIpc) is 3.12. The number of rotatable bonds is 5. The van der Waals surface area contributed by atoms with E-state index in [0.717, 1.165) is 42.7 Å². The van der Waals surface area contributed by atoms with Crippen LogP contribution in [0.25, 0.3) is 10.9 Å². The van der Waals surface area contributed by atoms with Gasteiger partial charge in [-0.15, -0.1) is 0 Å². The average molecular weight is 347 g/mol. The quantitative estimate of drug-likeness (QED) is 0.732. The molecule has 4 heteroatoms. The van der Waals surface area contributed by atoms with Crippen molar-refractivity contribution in [3.05, 3.63) is 71.9 Å². The molecular formula is C22H25N3O. The SMILES string of the molecule is O=C([C@@H](NCc1cc2ccccc2[nH]1)c1ccccc1)N1CCCCC1. The summed E-state index contributed by atoms with van der Waals surface area (Å²) in [5.41, 5.74) is 3.25. The number of carbonyl (C=O) groups excluding carboxylic acids is 1. The maximum Gasteiger partial charge on any atom is 0.244 e. The van der Waals surface area contributed by atoms with Crippen LogP contribution in [0.1, 0.15) is 36.6 Å². The van der Waals surface area contributed by atoms with Crippen LogP contribution in [0.2, 0.25) is 0 Å². The Morgan fingerprint density at radius 1 is 1.00 bits per heavy atom. The molecule has 2 aromatic carbocycles. The molecule has 4 nitrogen and oxygen atoms in total. The monoisotopic (exact) mass is 347 g/mol. The van der Waals surface area contributed by atoms with E-state index in [1.54, 1.807) is 0 Å². The molecule has 26 heavy (non-hydrogen) atoms. The minimum atomic E-state index is -0.305. The number of aromatic nitrogens is 1. The van der Waals surface area contributed by atoms with Gasteiger partial charge in [-0.2, -0.15) is 0 Å². The molecule has 1 aromatic heterocycles. The summed E-state index contributed by atoms with van der Waals surface area (Å²) < 4.78 is 0. The molecule has 2 N–H and O–H groups in total. The van der Waals surface area contributed by atoms with E-state index in [1.165, 1.54) is 11.8 Å². The molecule has 0 radical (unpaired) electrons. The van der Waals surface area contributed by atoms with E-state index in [1.807, 2.05) is 47.4 Å². The lowest BCUT2D eigenvalue weighted by Gasteiger charge is -2.31. The first-order chi connectivity index (χ1) is 12.8. The molecule has 0 unspecified atom stereocenters. The number of fused-ring (bicyclic) bond motifs is 1. The van der Waals surface area contributed by atoms with Gasteiger partial charge in [0, 0.05) is 30.8 Å². The van der Waals surface area contributed by atoms with Crippen LogP contribution in [0, 0.1) is 0 Å². The number of hydrogen-bond donors (Lipinski definition) is 2. The van der Waals surface area contributed by atoms with Crippen LogP contribution >= 0.6 is 0 Å². The lowest BCUT2D eigenvalue weighted by molar-refractivity contribution is -0.134. The molecule has 1 fully saturated rings. The highest BCUT2D eigenvalue weighted by Gasteiger charge is 2.26. The Kier molecular flexibility index (Phi) is 5.02. The van der Waals surface area contributed by atoms with Crippen molar-refractivity contribution in [3.8, 4) is 0 Å². The number of hydrogen-bond acceptors (Lipinski definition) is 2. The van der Waals surface area contributed by atoms with Gasteiger partial charge in [-0.3, -0.25) is 10.1 Å². The summed E-state index contributed by atoms with van der Waals surface area (Å²) in [6.07, 6.45) is 3.44. The maximum absolute atomic E-state index is 13.1. The van der Waals surface area contributed by atoms with Crippen molar-refractivity contribution >= 4 is 16.8 Å². The number of aromatic amines is 1. The summed E-state index contributed by atoms with van der Waals surface area (Å²) in [5, 5.41) is 4.69. The number of benzene rings is 2. The van der Waals surface area contributed by atoms with E-state index in [4.69, 9.17) is 0 Å². The molecule has 1 aliphatic heterocycles. The normalized spacial score (nSPS) is 15.9. The third-order valence-corrected chi connectivity index (χ3v) is 5.13. The Labute approximate surface area is 154 Å². The number of H-pyrrole nitrogens is 1. The van der Waals surface area contributed by atoms with E-state index in [2.05, 4.69) is 28.5 Å². The number of para-hydroxylation sites is 1. The highest BCUT2D eigenvalue weighted by atomic mass is 16.2. The topological polar surface area (TPSA) is 48.1 Å². The van der Waals surface area contributed by atoms with E-state index < -0.39 is 0 Å². The highest BCUT2D eigenvalue weighted by Crippen LogP contribution is 2.21. The van der Waals surface area contributed by atoms with Gasteiger partial charge < -0.3 is 9.88 Å². The largest absolute Gasteiger partial charge is 0.357 e. The molecule has 1 amide bonds. The molecule has 1 saturated heterocycles. The van der Waals surface area contributed by atoms with Crippen molar-refractivity contribution in [2.45, 2.75) is 31.8 Å². The zero-order valence-corrected chi connectivity index (χ0v) is 14.9. The second-order valence-corrected chi connectivity index (χ2v) is 6.99. The van der Waals surface area contributed by atoms with Crippen LogP contribution in [0.15, 0.2) is 60.7 Å². The summed E-state index contributed by atoms with van der Waals surface area (Å²) in [6, 6.07) is 20.1. The van der Waals surface area contributed by atoms with Gasteiger partial charge in [0.2, 0.25) is 5.91 Å². The van der Waals surface area contributed by atoms with Gasteiger partial charge in [0.05, 0.1) is 0 Å². The number of amides is 1. The predicted molar refractivity (Wildman–Crippen MR) is 105 cm³/mol. The van der Waals surface area contributed by atoms with Gasteiger partial charge in [0.25, 0.3) is 0 Å². The fourth-order valence-corrected chi connectivity index (χ4v) is 3.73. The molecule has 0 spiro atoms. The highest BCUT2D eigenvalue weighted by molar-refractivity contribution is 5.83. The third kappa shape index (κ3) is 3.65. The summed E-state index contributed by atoms with van der Waals surface area (Å²) >= 11 is 0. The smallest absolute Gasteiger partial charge is 0.244 e. The number of carbonyl (C=O) groups is 1. The minimum Gasteiger partial charge on any atom is -0.357 e. The first kappa shape index (κ1) is 16.9. The van der Waals surface area contributed by atoms with E-state index in [0.29, 0.717) is 6.54 Å². The molecule has 0 aliphatic carbocycles. The van der Waals surface area contributed by atoms with Crippen LogP contribution in [-0.2, 0) is 11.3 Å². The Bertz CT molecular complexity index is 832. The van der Waals surface area contributed by atoms with Gasteiger partial charge in [-0.1, -0.05) is 48.5 Å². The number of piperidine rings is 1. The van der Waals surface area contributed by atoms with Gasteiger partial charge in [0.1, 0.15) is 6.04 Å². The van der Waals surface area contributed by atoms with Crippen LogP contribution < -0.4 is 5.32 Å². The summed E-state index contributed by atoms with van der Waals surface area (Å²) in [4.78, 5) is 18.6. The van der Waals surface area contributed by atoms with Crippen molar-refractivity contribution in [2.24, 2.45) is 0 Å². The Morgan fingerprint density at radius 2 is 1.73 bits per heavy atom. The van der Waals surface area contributed by atoms with Crippen molar-refractivity contribution < 1.29 is 4.79 Å². The number of likely N-dealkylation sites (tertiary alicyclic amines) is 1. The molecule has 4 rings (SSSR count). The van der Waals surface area contributed by atoms with Crippen molar-refractivity contribution in [3.63, 3.8) is 0 Å². The van der Waals surface area contributed by atoms with Crippen molar-refractivity contribution in [2.75, 3.05) is 13.1 Å². The first-order valence-corrected chi connectivity index (χ1v) is 9.45. The van der Waals surface area contributed by atoms with Crippen LogP contribution in [-0.4, -0.2) is 28.9 Å².